The maximum Gasteiger partial charge on any atom is 0.394 e. The lowest BCUT2D eigenvalue weighted by Crippen LogP contribution is -2.19. The molecule has 1 aliphatic rings. The number of anilines is 1. The van der Waals surface area contributed by atoms with Gasteiger partial charge >= 0.3 is 10.4 Å². The Labute approximate surface area is 193 Å². The van der Waals surface area contributed by atoms with Gasteiger partial charge in [0, 0.05) is 29.9 Å². The van der Waals surface area contributed by atoms with Crippen LogP contribution in [0.2, 0.25) is 0 Å². The van der Waals surface area contributed by atoms with Crippen LogP contribution in [0.25, 0.3) is 22.2 Å². The second kappa shape index (κ2) is 9.80. The minimum absolute atomic E-state index is 0.0582. The third-order valence-electron chi connectivity index (χ3n) is 4.68. The molecule has 0 atom stereocenters. The lowest BCUT2D eigenvalue weighted by Gasteiger charge is -2.17. The maximum absolute atomic E-state index is 9.07. The van der Waals surface area contributed by atoms with Gasteiger partial charge in [-0.25, -0.2) is 9.97 Å². The van der Waals surface area contributed by atoms with Crippen molar-refractivity contribution in [3.8, 4) is 11.3 Å². The minimum atomic E-state index is -4.67. The highest BCUT2D eigenvalue weighted by atomic mass is 32.3. The molecule has 3 aromatic heterocycles. The monoisotopic (exact) mass is 488 g/mol. The molecule has 4 heterocycles. The van der Waals surface area contributed by atoms with Crippen LogP contribution in [-0.4, -0.2) is 59.8 Å². The fraction of sp³-hybridized carbons (Fsp3) is 0.200. The van der Waals surface area contributed by atoms with Crippen molar-refractivity contribution < 1.29 is 22.6 Å². The van der Waals surface area contributed by atoms with Crippen LogP contribution in [0.1, 0.15) is 5.56 Å². The van der Waals surface area contributed by atoms with E-state index in [1.165, 1.54) is 5.56 Å². The Morgan fingerprint density at radius 2 is 1.94 bits per heavy atom. The van der Waals surface area contributed by atoms with Gasteiger partial charge in [0.15, 0.2) is 5.82 Å². The summed E-state index contributed by atoms with van der Waals surface area (Å²) in [7, 11) is -4.67. The highest BCUT2D eigenvalue weighted by Gasteiger charge is 2.24. The summed E-state index contributed by atoms with van der Waals surface area (Å²) >= 11 is 1.70. The van der Waals surface area contributed by atoms with Gasteiger partial charge in [-0.3, -0.25) is 18.8 Å². The number of aromatic nitrogens is 5. The van der Waals surface area contributed by atoms with Crippen molar-refractivity contribution in [1.82, 2.24) is 24.7 Å². The van der Waals surface area contributed by atoms with Crippen molar-refractivity contribution in [3.05, 3.63) is 60.7 Å². The largest absolute Gasteiger partial charge is 0.394 e. The summed E-state index contributed by atoms with van der Waals surface area (Å²) in [5.41, 5.74) is 3.91. The fourth-order valence-corrected chi connectivity index (χ4v) is 4.22. The second-order valence-corrected chi connectivity index (χ2v) is 8.88. The molecule has 3 N–H and O–H groups in total. The standard InChI is InChI=1S/C20H18N6OS.H2O4S/c27-7-6-26-12-16(9-23-26)18-10-22-20-19(24-18)25(13-28-20)11-14-3-4-17-15(8-14)2-1-5-21-17;1-5(2,3)4/h1-5,8-10,12,27H,6-7,11,13H2;(H2,1,2,3,4). The number of thioether (sulfide) groups is 1. The summed E-state index contributed by atoms with van der Waals surface area (Å²) in [5.74, 6) is 1.73. The van der Waals surface area contributed by atoms with E-state index in [1.807, 2.05) is 18.5 Å². The van der Waals surface area contributed by atoms with E-state index in [2.05, 4.69) is 44.2 Å². The molecule has 172 valence electrons. The fourth-order valence-electron chi connectivity index (χ4n) is 3.30. The average Bonchev–Trinajstić information content (AvgIpc) is 3.40. The van der Waals surface area contributed by atoms with Crippen molar-refractivity contribution in [2.75, 3.05) is 17.4 Å². The first-order valence-corrected chi connectivity index (χ1v) is 12.1. The number of nitrogens with zero attached hydrogens (tertiary/aromatic N) is 6. The second-order valence-electron chi connectivity index (χ2n) is 7.05. The Morgan fingerprint density at radius 3 is 2.73 bits per heavy atom. The zero-order chi connectivity index (χ0) is 23.4. The molecule has 33 heavy (non-hydrogen) atoms. The normalized spacial score (nSPS) is 13.0. The lowest BCUT2D eigenvalue weighted by molar-refractivity contribution is 0.269. The lowest BCUT2D eigenvalue weighted by atomic mass is 10.1. The number of fused-ring (bicyclic) bond motifs is 2. The van der Waals surface area contributed by atoms with Gasteiger partial charge in [-0.2, -0.15) is 13.5 Å². The zero-order valence-corrected chi connectivity index (χ0v) is 18.8. The predicted molar refractivity (Wildman–Crippen MR) is 123 cm³/mol. The molecule has 0 saturated heterocycles. The van der Waals surface area contributed by atoms with Crippen LogP contribution in [0.15, 0.2) is 60.1 Å². The molecular formula is C20H20N6O5S2. The molecular weight excluding hydrogens is 468 g/mol. The summed E-state index contributed by atoms with van der Waals surface area (Å²) in [6.07, 6.45) is 7.25. The zero-order valence-electron chi connectivity index (χ0n) is 17.2. The van der Waals surface area contributed by atoms with E-state index in [9.17, 15) is 0 Å². The van der Waals surface area contributed by atoms with Gasteiger partial charge in [0.05, 0.1) is 42.6 Å². The molecule has 5 rings (SSSR count). The quantitative estimate of drug-likeness (QED) is 0.354. The van der Waals surface area contributed by atoms with Crippen LogP contribution < -0.4 is 4.90 Å². The Balaban J connectivity index is 0.000000471. The Morgan fingerprint density at radius 1 is 1.12 bits per heavy atom. The first-order valence-electron chi connectivity index (χ1n) is 9.72. The third kappa shape index (κ3) is 6.03. The van der Waals surface area contributed by atoms with Crippen molar-refractivity contribution in [2.24, 2.45) is 0 Å². The van der Waals surface area contributed by atoms with Crippen molar-refractivity contribution in [2.45, 2.75) is 18.1 Å². The molecule has 1 aromatic carbocycles. The molecule has 11 nitrogen and oxygen atoms in total. The predicted octanol–water partition coefficient (Wildman–Crippen LogP) is 2.30. The third-order valence-corrected chi connectivity index (χ3v) is 5.68. The molecule has 0 spiro atoms. The Hall–Kier alpha value is -3.10. The molecule has 0 fully saturated rings. The van der Waals surface area contributed by atoms with Crippen LogP contribution in [0.4, 0.5) is 5.82 Å². The van der Waals surface area contributed by atoms with Gasteiger partial charge in [-0.05, 0) is 23.8 Å². The number of pyridine rings is 1. The molecule has 0 unspecified atom stereocenters. The highest BCUT2D eigenvalue weighted by Crippen LogP contribution is 2.37. The van der Waals surface area contributed by atoms with E-state index in [-0.39, 0.29) is 6.61 Å². The van der Waals surface area contributed by atoms with Crippen molar-refractivity contribution in [1.29, 1.82) is 0 Å². The smallest absolute Gasteiger partial charge is 0.394 e. The molecule has 0 saturated carbocycles. The van der Waals surface area contributed by atoms with Gasteiger partial charge < -0.3 is 10.0 Å². The first kappa shape index (κ1) is 23.1. The summed E-state index contributed by atoms with van der Waals surface area (Å²) in [6.45, 7) is 1.30. The number of benzene rings is 1. The topological polar surface area (TPSA) is 155 Å². The van der Waals surface area contributed by atoms with E-state index in [0.29, 0.717) is 6.54 Å². The molecule has 0 bridgehead atoms. The summed E-state index contributed by atoms with van der Waals surface area (Å²) in [4.78, 5) is 16.1. The number of hydrogen-bond donors (Lipinski definition) is 3. The SMILES string of the molecule is O=S(=O)(O)O.OCCn1cc(-c2cnc3c(n2)N(Cc2ccc4ncccc4c2)CS3)cn1. The van der Waals surface area contributed by atoms with E-state index < -0.39 is 10.4 Å². The van der Waals surface area contributed by atoms with E-state index >= 15 is 0 Å². The van der Waals surface area contributed by atoms with Gasteiger partial charge in [0.2, 0.25) is 0 Å². The summed E-state index contributed by atoms with van der Waals surface area (Å²) in [5, 5.41) is 15.4. The highest BCUT2D eigenvalue weighted by molar-refractivity contribution is 7.99. The van der Waals surface area contributed by atoms with Gasteiger partial charge in [-0.1, -0.05) is 23.9 Å². The minimum Gasteiger partial charge on any atom is -0.394 e. The van der Waals surface area contributed by atoms with Crippen LogP contribution in [0, 0.1) is 0 Å². The van der Waals surface area contributed by atoms with Crippen LogP contribution in [0.3, 0.4) is 0 Å². The molecule has 4 aromatic rings. The van der Waals surface area contributed by atoms with Crippen molar-refractivity contribution >= 4 is 38.9 Å². The summed E-state index contributed by atoms with van der Waals surface area (Å²) in [6, 6.07) is 10.4. The van der Waals surface area contributed by atoms with E-state index in [4.69, 9.17) is 27.6 Å². The van der Waals surface area contributed by atoms with Crippen LogP contribution in [0.5, 0.6) is 0 Å². The van der Waals surface area contributed by atoms with E-state index in [0.717, 1.165) is 45.4 Å². The van der Waals surface area contributed by atoms with Gasteiger partial charge in [-0.15, -0.1) is 0 Å². The van der Waals surface area contributed by atoms with E-state index in [1.54, 1.807) is 28.8 Å². The average molecular weight is 489 g/mol. The van der Waals surface area contributed by atoms with Gasteiger partial charge in [0.25, 0.3) is 0 Å². The molecule has 0 amide bonds. The maximum atomic E-state index is 9.07. The molecule has 13 heteroatoms. The summed E-state index contributed by atoms with van der Waals surface area (Å²) < 4.78 is 33.3. The Kier molecular flexibility index (Phi) is 6.85. The molecule has 0 radical (unpaired) electrons. The van der Waals surface area contributed by atoms with Crippen molar-refractivity contribution in [3.63, 3.8) is 0 Å². The van der Waals surface area contributed by atoms with Gasteiger partial charge in [0.1, 0.15) is 5.03 Å². The number of aliphatic hydroxyl groups excluding tert-OH is 1. The van der Waals surface area contributed by atoms with Crippen LogP contribution >= 0.6 is 11.8 Å². The number of rotatable bonds is 5. The molecule has 0 aliphatic carbocycles. The molecule has 1 aliphatic heterocycles. The number of hydrogen-bond acceptors (Lipinski definition) is 9. The van der Waals surface area contributed by atoms with Crippen LogP contribution in [-0.2, 0) is 23.5 Å². The Bertz CT molecular complexity index is 1370. The first-order chi connectivity index (χ1) is 15.8. The number of aliphatic hydroxyl groups is 1.